The molecule has 0 aromatic heterocycles. The van der Waals surface area contributed by atoms with E-state index >= 15 is 0 Å². The molecule has 34 heavy (non-hydrogen) atoms. The standard InChI is InChI=1S/C27H30N2O5/c1-26(2,3)33-24(31)28-17-21(19-13-9-7-10-14-19)29(25(32)34-27(4,5)6)22(18-30)23(28)20-15-11-8-12-16-20/h7-18H,1-6H3. The van der Waals surface area contributed by atoms with Crippen LogP contribution in [0.5, 0.6) is 0 Å². The van der Waals surface area contributed by atoms with Crippen LogP contribution in [0.4, 0.5) is 9.59 Å². The van der Waals surface area contributed by atoms with E-state index in [9.17, 15) is 14.4 Å². The van der Waals surface area contributed by atoms with Crippen LogP contribution in [-0.4, -0.2) is 39.5 Å². The van der Waals surface area contributed by atoms with Crippen LogP contribution in [0.15, 0.2) is 72.6 Å². The minimum atomic E-state index is -0.803. The Balaban J connectivity index is 2.28. The molecule has 2 aromatic rings. The van der Waals surface area contributed by atoms with Crippen molar-refractivity contribution >= 4 is 29.9 Å². The smallest absolute Gasteiger partial charge is 0.419 e. The lowest BCUT2D eigenvalue weighted by Crippen LogP contribution is -2.42. The third kappa shape index (κ3) is 5.73. The number of amides is 2. The lowest BCUT2D eigenvalue weighted by atomic mass is 10.0. The van der Waals surface area contributed by atoms with Crippen molar-refractivity contribution in [1.82, 2.24) is 9.80 Å². The van der Waals surface area contributed by atoms with Crippen LogP contribution in [0.1, 0.15) is 52.7 Å². The van der Waals surface area contributed by atoms with Gasteiger partial charge in [-0.25, -0.2) is 19.4 Å². The van der Waals surface area contributed by atoms with Gasteiger partial charge < -0.3 is 9.47 Å². The maximum absolute atomic E-state index is 13.4. The fourth-order valence-corrected chi connectivity index (χ4v) is 3.37. The van der Waals surface area contributed by atoms with Gasteiger partial charge in [-0.2, -0.15) is 0 Å². The topological polar surface area (TPSA) is 76.2 Å². The molecule has 1 aliphatic heterocycles. The van der Waals surface area contributed by atoms with Gasteiger partial charge in [0.25, 0.3) is 0 Å². The van der Waals surface area contributed by atoms with Crippen molar-refractivity contribution in [3.8, 4) is 0 Å². The second-order valence-electron chi connectivity index (χ2n) is 9.76. The van der Waals surface area contributed by atoms with Gasteiger partial charge in [-0.15, -0.1) is 0 Å². The molecule has 0 bridgehead atoms. The van der Waals surface area contributed by atoms with Gasteiger partial charge in [0, 0.05) is 17.3 Å². The van der Waals surface area contributed by atoms with Gasteiger partial charge in [-0.1, -0.05) is 60.7 Å². The Morgan fingerprint density at radius 2 is 1.21 bits per heavy atom. The highest BCUT2D eigenvalue weighted by Crippen LogP contribution is 2.38. The first-order valence-corrected chi connectivity index (χ1v) is 11.0. The first-order valence-electron chi connectivity index (χ1n) is 11.0. The van der Waals surface area contributed by atoms with Gasteiger partial charge >= 0.3 is 12.2 Å². The number of rotatable bonds is 3. The van der Waals surface area contributed by atoms with Crippen LogP contribution in [-0.2, 0) is 14.3 Å². The third-order valence-electron chi connectivity index (χ3n) is 4.61. The number of ether oxygens (including phenoxy) is 2. The maximum atomic E-state index is 13.4. The van der Waals surface area contributed by atoms with Crippen molar-refractivity contribution in [3.05, 3.63) is 83.7 Å². The lowest BCUT2D eigenvalue weighted by molar-refractivity contribution is -0.106. The highest BCUT2D eigenvalue weighted by atomic mass is 16.6. The van der Waals surface area contributed by atoms with E-state index in [1.54, 1.807) is 90.1 Å². The number of carbonyl (C=O) groups is 3. The highest BCUT2D eigenvalue weighted by Gasteiger charge is 2.38. The van der Waals surface area contributed by atoms with Crippen molar-refractivity contribution in [2.45, 2.75) is 52.7 Å². The molecule has 2 aromatic carbocycles. The zero-order valence-electron chi connectivity index (χ0n) is 20.4. The first kappa shape index (κ1) is 24.8. The average Bonchev–Trinajstić information content (AvgIpc) is 2.76. The van der Waals surface area contributed by atoms with E-state index in [0.29, 0.717) is 23.1 Å². The number of benzene rings is 2. The summed E-state index contributed by atoms with van der Waals surface area (Å²) < 4.78 is 11.3. The summed E-state index contributed by atoms with van der Waals surface area (Å²) in [5, 5.41) is 0. The monoisotopic (exact) mass is 462 g/mol. The summed E-state index contributed by atoms with van der Waals surface area (Å²) in [6.45, 7) is 10.5. The number of hydrogen-bond donors (Lipinski definition) is 0. The molecule has 0 aliphatic carbocycles. The lowest BCUT2D eigenvalue weighted by Gasteiger charge is -2.37. The molecule has 0 unspecified atom stereocenters. The first-order chi connectivity index (χ1) is 15.9. The summed E-state index contributed by atoms with van der Waals surface area (Å²) in [4.78, 5) is 41.7. The fraction of sp³-hybridized carbons (Fsp3) is 0.296. The Morgan fingerprint density at radius 1 is 0.735 bits per heavy atom. The summed E-state index contributed by atoms with van der Waals surface area (Å²) in [6.07, 6.45) is 0.646. The summed E-state index contributed by atoms with van der Waals surface area (Å²) >= 11 is 0. The molecular formula is C27H30N2O5. The Labute approximate surface area is 200 Å². The van der Waals surface area contributed by atoms with E-state index in [4.69, 9.17) is 9.47 Å². The highest BCUT2D eigenvalue weighted by molar-refractivity contribution is 6.03. The molecule has 0 radical (unpaired) electrons. The van der Waals surface area contributed by atoms with Crippen LogP contribution in [0.2, 0.25) is 0 Å². The molecule has 0 atom stereocenters. The minimum absolute atomic E-state index is 0.0346. The molecule has 0 spiro atoms. The van der Waals surface area contributed by atoms with Gasteiger partial charge in [0.15, 0.2) is 6.29 Å². The summed E-state index contributed by atoms with van der Waals surface area (Å²) in [5.41, 5.74) is 0.0945. The van der Waals surface area contributed by atoms with Crippen LogP contribution >= 0.6 is 0 Å². The number of nitrogens with zero attached hydrogens (tertiary/aromatic N) is 2. The Bertz CT molecular complexity index is 1120. The SMILES string of the molecule is CC(C)(C)OC(=O)N1C=C(c2ccccc2)N(C(=O)OC(C)(C)C)C(C=O)=C1c1ccccc1. The molecule has 2 amide bonds. The molecule has 3 rings (SSSR count). The number of hydrogen-bond acceptors (Lipinski definition) is 5. The minimum Gasteiger partial charge on any atom is -0.443 e. The zero-order chi connectivity index (χ0) is 25.1. The molecule has 0 saturated heterocycles. The summed E-state index contributed by atoms with van der Waals surface area (Å²) in [5.74, 6) is 0. The number of allylic oxidation sites excluding steroid dienone is 1. The largest absolute Gasteiger partial charge is 0.443 e. The predicted molar refractivity (Wildman–Crippen MR) is 130 cm³/mol. The van der Waals surface area contributed by atoms with Crippen molar-refractivity contribution in [2.24, 2.45) is 0 Å². The van der Waals surface area contributed by atoms with E-state index in [2.05, 4.69) is 0 Å². The quantitative estimate of drug-likeness (QED) is 0.520. The van der Waals surface area contributed by atoms with E-state index in [-0.39, 0.29) is 11.4 Å². The molecule has 178 valence electrons. The number of aldehydes is 1. The predicted octanol–water partition coefficient (Wildman–Crippen LogP) is 6.04. The van der Waals surface area contributed by atoms with Crippen LogP contribution in [0.25, 0.3) is 11.4 Å². The maximum Gasteiger partial charge on any atom is 0.419 e. The fourth-order valence-electron chi connectivity index (χ4n) is 3.37. The van der Waals surface area contributed by atoms with Crippen LogP contribution < -0.4 is 0 Å². The van der Waals surface area contributed by atoms with E-state index in [0.717, 1.165) is 0 Å². The van der Waals surface area contributed by atoms with Crippen molar-refractivity contribution < 1.29 is 23.9 Å². The van der Waals surface area contributed by atoms with E-state index in [1.807, 2.05) is 12.1 Å². The Kier molecular flexibility index (Phi) is 6.96. The van der Waals surface area contributed by atoms with Crippen molar-refractivity contribution in [3.63, 3.8) is 0 Å². The van der Waals surface area contributed by atoms with Gasteiger partial charge in [-0.05, 0) is 41.5 Å². The average molecular weight is 463 g/mol. The Hall–Kier alpha value is -3.87. The zero-order valence-corrected chi connectivity index (χ0v) is 20.4. The van der Waals surface area contributed by atoms with Crippen LogP contribution in [0.3, 0.4) is 0 Å². The third-order valence-corrected chi connectivity index (χ3v) is 4.61. The van der Waals surface area contributed by atoms with Gasteiger partial charge in [0.1, 0.15) is 16.9 Å². The second-order valence-corrected chi connectivity index (χ2v) is 9.76. The van der Waals surface area contributed by atoms with Crippen LogP contribution in [0, 0.1) is 0 Å². The second kappa shape index (κ2) is 9.55. The molecule has 0 fully saturated rings. The molecular weight excluding hydrogens is 432 g/mol. The van der Waals surface area contributed by atoms with Crippen molar-refractivity contribution in [2.75, 3.05) is 0 Å². The summed E-state index contributed by atoms with van der Waals surface area (Å²) in [6, 6.07) is 17.9. The van der Waals surface area contributed by atoms with E-state index < -0.39 is 23.4 Å². The van der Waals surface area contributed by atoms with Gasteiger partial charge in [0.05, 0.1) is 11.4 Å². The summed E-state index contributed by atoms with van der Waals surface area (Å²) in [7, 11) is 0. The molecule has 1 aliphatic rings. The Morgan fingerprint density at radius 3 is 1.68 bits per heavy atom. The molecule has 0 saturated carbocycles. The van der Waals surface area contributed by atoms with Gasteiger partial charge in [0.2, 0.25) is 0 Å². The van der Waals surface area contributed by atoms with E-state index in [1.165, 1.54) is 16.0 Å². The van der Waals surface area contributed by atoms with Crippen molar-refractivity contribution in [1.29, 1.82) is 0 Å². The molecule has 1 heterocycles. The molecule has 7 nitrogen and oxygen atoms in total. The normalized spacial score (nSPS) is 14.5. The van der Waals surface area contributed by atoms with Gasteiger partial charge in [-0.3, -0.25) is 4.79 Å². The molecule has 0 N–H and O–H groups in total. The number of carbonyl (C=O) groups excluding carboxylic acids is 3. The molecule has 7 heteroatoms.